The Balaban J connectivity index is 1.94. The summed E-state index contributed by atoms with van der Waals surface area (Å²) >= 11 is 0. The van der Waals surface area contributed by atoms with Gasteiger partial charge in [-0.3, -0.25) is 0 Å². The fraction of sp³-hybridized carbons (Fsp3) is 0.250. The van der Waals surface area contributed by atoms with Crippen LogP contribution in [0.25, 0.3) is 0 Å². The standard InChI is InChI=1S/C16H15FO2/c1-10-8-11(6-7-13(10)17)16-9-14(18)12-4-2-3-5-15(12)19-16/h2-8,14,16,18H,9H2,1H3. The van der Waals surface area contributed by atoms with Gasteiger partial charge in [-0.25, -0.2) is 4.39 Å². The monoisotopic (exact) mass is 258 g/mol. The number of para-hydroxylation sites is 1. The van der Waals surface area contributed by atoms with E-state index in [-0.39, 0.29) is 11.9 Å². The summed E-state index contributed by atoms with van der Waals surface area (Å²) in [6.07, 6.45) is -0.285. The van der Waals surface area contributed by atoms with Crippen LogP contribution in [0.2, 0.25) is 0 Å². The van der Waals surface area contributed by atoms with E-state index >= 15 is 0 Å². The van der Waals surface area contributed by atoms with Gasteiger partial charge in [0, 0.05) is 12.0 Å². The van der Waals surface area contributed by atoms with Gasteiger partial charge in [-0.2, -0.15) is 0 Å². The Morgan fingerprint density at radius 2 is 2.00 bits per heavy atom. The molecule has 2 nitrogen and oxygen atoms in total. The van der Waals surface area contributed by atoms with E-state index in [1.54, 1.807) is 19.1 Å². The number of ether oxygens (including phenoxy) is 1. The molecule has 2 unspecified atom stereocenters. The van der Waals surface area contributed by atoms with Crippen molar-refractivity contribution in [2.45, 2.75) is 25.6 Å². The summed E-state index contributed by atoms with van der Waals surface area (Å²) in [5, 5.41) is 10.2. The van der Waals surface area contributed by atoms with Crippen LogP contribution in [-0.2, 0) is 0 Å². The van der Waals surface area contributed by atoms with Crippen molar-refractivity contribution < 1.29 is 14.2 Å². The Bertz CT molecular complexity index is 609. The van der Waals surface area contributed by atoms with E-state index in [2.05, 4.69) is 0 Å². The molecule has 1 aliphatic heterocycles. The van der Waals surface area contributed by atoms with Crippen molar-refractivity contribution in [3.05, 3.63) is 65.0 Å². The summed E-state index contributed by atoms with van der Waals surface area (Å²) in [7, 11) is 0. The second kappa shape index (κ2) is 4.67. The topological polar surface area (TPSA) is 29.5 Å². The zero-order valence-corrected chi connectivity index (χ0v) is 10.6. The molecule has 0 aromatic heterocycles. The van der Waals surface area contributed by atoms with E-state index in [0.717, 1.165) is 11.1 Å². The van der Waals surface area contributed by atoms with Crippen LogP contribution in [0, 0.1) is 12.7 Å². The van der Waals surface area contributed by atoms with Gasteiger partial charge < -0.3 is 9.84 Å². The summed E-state index contributed by atoms with van der Waals surface area (Å²) < 4.78 is 19.2. The van der Waals surface area contributed by atoms with E-state index in [4.69, 9.17) is 4.74 Å². The van der Waals surface area contributed by atoms with Crippen molar-refractivity contribution >= 4 is 0 Å². The molecular formula is C16H15FO2. The third-order valence-corrected chi connectivity index (χ3v) is 3.54. The van der Waals surface area contributed by atoms with E-state index in [1.165, 1.54) is 6.07 Å². The molecule has 3 rings (SSSR count). The molecule has 1 N–H and O–H groups in total. The van der Waals surface area contributed by atoms with Gasteiger partial charge >= 0.3 is 0 Å². The molecule has 3 heteroatoms. The summed E-state index contributed by atoms with van der Waals surface area (Å²) in [5.41, 5.74) is 2.31. The molecule has 0 saturated heterocycles. The number of aliphatic hydroxyl groups excluding tert-OH is 1. The van der Waals surface area contributed by atoms with Crippen LogP contribution in [-0.4, -0.2) is 5.11 Å². The van der Waals surface area contributed by atoms with Gasteiger partial charge in [0.2, 0.25) is 0 Å². The first kappa shape index (κ1) is 12.2. The van der Waals surface area contributed by atoms with Crippen molar-refractivity contribution in [1.82, 2.24) is 0 Å². The van der Waals surface area contributed by atoms with Crippen molar-refractivity contribution in [3.8, 4) is 5.75 Å². The average molecular weight is 258 g/mol. The molecule has 0 amide bonds. The minimum atomic E-state index is -0.541. The molecule has 98 valence electrons. The van der Waals surface area contributed by atoms with E-state index < -0.39 is 6.10 Å². The van der Waals surface area contributed by atoms with Crippen LogP contribution >= 0.6 is 0 Å². The fourth-order valence-electron chi connectivity index (χ4n) is 2.47. The summed E-state index contributed by atoms with van der Waals surface area (Å²) in [6.45, 7) is 1.73. The maximum absolute atomic E-state index is 13.3. The first-order chi connectivity index (χ1) is 9.15. The van der Waals surface area contributed by atoms with Crippen molar-refractivity contribution in [2.75, 3.05) is 0 Å². The molecule has 0 fully saturated rings. The second-order valence-electron chi connectivity index (χ2n) is 4.90. The van der Waals surface area contributed by atoms with Gasteiger partial charge in [0.05, 0.1) is 6.10 Å². The Morgan fingerprint density at radius 3 is 2.79 bits per heavy atom. The predicted octanol–water partition coefficient (Wildman–Crippen LogP) is 3.69. The molecule has 0 radical (unpaired) electrons. The Kier molecular flexibility index (Phi) is 2.99. The van der Waals surface area contributed by atoms with Gasteiger partial charge in [0.25, 0.3) is 0 Å². The van der Waals surface area contributed by atoms with Crippen molar-refractivity contribution in [2.24, 2.45) is 0 Å². The third kappa shape index (κ3) is 2.22. The lowest BCUT2D eigenvalue weighted by atomic mass is 9.94. The molecule has 2 aromatic carbocycles. The van der Waals surface area contributed by atoms with Crippen molar-refractivity contribution in [3.63, 3.8) is 0 Å². The maximum Gasteiger partial charge on any atom is 0.127 e. The molecule has 0 spiro atoms. The predicted molar refractivity (Wildman–Crippen MR) is 70.5 cm³/mol. The van der Waals surface area contributed by atoms with Gasteiger partial charge in [-0.05, 0) is 36.2 Å². The maximum atomic E-state index is 13.3. The highest BCUT2D eigenvalue weighted by atomic mass is 19.1. The number of aliphatic hydroxyl groups is 1. The van der Waals surface area contributed by atoms with Crippen molar-refractivity contribution in [1.29, 1.82) is 0 Å². The van der Waals surface area contributed by atoms with Crippen LogP contribution in [0.15, 0.2) is 42.5 Å². The lowest BCUT2D eigenvalue weighted by molar-refractivity contribution is 0.0657. The fourth-order valence-corrected chi connectivity index (χ4v) is 2.47. The zero-order chi connectivity index (χ0) is 13.4. The normalized spacial score (nSPS) is 21.6. The van der Waals surface area contributed by atoms with E-state index in [1.807, 2.05) is 24.3 Å². The molecule has 0 bridgehead atoms. The summed E-state index contributed by atoms with van der Waals surface area (Å²) in [5.74, 6) is 0.480. The molecule has 0 saturated carbocycles. The number of fused-ring (bicyclic) bond motifs is 1. The Hall–Kier alpha value is -1.87. The first-order valence-corrected chi connectivity index (χ1v) is 6.35. The minimum absolute atomic E-state index is 0.222. The molecule has 1 heterocycles. The van der Waals surface area contributed by atoms with Gasteiger partial charge in [0.15, 0.2) is 0 Å². The second-order valence-corrected chi connectivity index (χ2v) is 4.90. The van der Waals surface area contributed by atoms with Crippen LogP contribution < -0.4 is 4.74 Å². The Morgan fingerprint density at radius 1 is 1.21 bits per heavy atom. The molecule has 2 atom stereocenters. The number of hydrogen-bond acceptors (Lipinski definition) is 2. The highest BCUT2D eigenvalue weighted by molar-refractivity contribution is 5.38. The first-order valence-electron chi connectivity index (χ1n) is 6.35. The van der Waals surface area contributed by atoms with Gasteiger partial charge in [-0.1, -0.05) is 24.3 Å². The summed E-state index contributed by atoms with van der Waals surface area (Å²) in [4.78, 5) is 0. The number of rotatable bonds is 1. The summed E-state index contributed by atoms with van der Waals surface area (Å²) in [6, 6.07) is 12.4. The number of aryl methyl sites for hydroxylation is 1. The van der Waals surface area contributed by atoms with Crippen LogP contribution in [0.3, 0.4) is 0 Å². The van der Waals surface area contributed by atoms with E-state index in [9.17, 15) is 9.50 Å². The highest BCUT2D eigenvalue weighted by Gasteiger charge is 2.27. The third-order valence-electron chi connectivity index (χ3n) is 3.54. The average Bonchev–Trinajstić information content (AvgIpc) is 2.42. The zero-order valence-electron chi connectivity index (χ0n) is 10.6. The number of hydrogen-bond donors (Lipinski definition) is 1. The lowest BCUT2D eigenvalue weighted by Crippen LogP contribution is -2.19. The minimum Gasteiger partial charge on any atom is -0.485 e. The smallest absolute Gasteiger partial charge is 0.127 e. The largest absolute Gasteiger partial charge is 0.485 e. The van der Waals surface area contributed by atoms with Crippen LogP contribution in [0.5, 0.6) is 5.75 Å². The van der Waals surface area contributed by atoms with E-state index in [0.29, 0.717) is 17.7 Å². The van der Waals surface area contributed by atoms with Crippen LogP contribution in [0.4, 0.5) is 4.39 Å². The van der Waals surface area contributed by atoms with Gasteiger partial charge in [-0.15, -0.1) is 0 Å². The number of halogens is 1. The highest BCUT2D eigenvalue weighted by Crippen LogP contribution is 2.40. The molecule has 19 heavy (non-hydrogen) atoms. The molecular weight excluding hydrogens is 243 g/mol. The van der Waals surface area contributed by atoms with Crippen LogP contribution in [0.1, 0.15) is 35.3 Å². The Labute approximate surface area is 111 Å². The number of benzene rings is 2. The molecule has 1 aliphatic rings. The quantitative estimate of drug-likeness (QED) is 0.845. The molecule has 2 aromatic rings. The lowest BCUT2D eigenvalue weighted by Gasteiger charge is -2.30. The molecule has 0 aliphatic carbocycles. The van der Waals surface area contributed by atoms with Gasteiger partial charge in [0.1, 0.15) is 17.7 Å². The SMILES string of the molecule is Cc1cc(C2CC(O)c3ccccc3O2)ccc1F.